The van der Waals surface area contributed by atoms with Crippen LogP contribution in [0, 0.1) is 17.8 Å². The lowest BCUT2D eigenvalue weighted by molar-refractivity contribution is -0.299. The Kier molecular flexibility index (Phi) is 12.5. The lowest BCUT2D eigenvalue weighted by atomic mass is 9.79. The van der Waals surface area contributed by atoms with Gasteiger partial charge in [0.2, 0.25) is 0 Å². The molecule has 0 radical (unpaired) electrons. The van der Waals surface area contributed by atoms with Gasteiger partial charge < -0.3 is 44.3 Å². The molecule has 0 aromatic rings. The molecule has 11 nitrogen and oxygen atoms in total. The molecule has 16 atom stereocenters. The molecule has 3 heterocycles. The third-order valence-electron chi connectivity index (χ3n) is 10.3. The lowest BCUT2D eigenvalue weighted by Crippen LogP contribution is -2.59. The number of aliphatic hydroxyl groups excluding tert-OH is 2. The van der Waals surface area contributed by atoms with E-state index < -0.39 is 71.9 Å². The summed E-state index contributed by atoms with van der Waals surface area (Å²) in [5.41, 5.74) is -3.04. The van der Waals surface area contributed by atoms with Gasteiger partial charge >= 0.3 is 5.97 Å². The Morgan fingerprint density at radius 2 is 1.70 bits per heavy atom. The van der Waals surface area contributed by atoms with E-state index in [9.17, 15) is 25.2 Å². The average Bonchev–Trinajstić information content (AvgIpc) is 3.12. The van der Waals surface area contributed by atoms with Crippen molar-refractivity contribution in [2.45, 2.75) is 147 Å². The Bertz CT molecular complexity index is 962. The van der Waals surface area contributed by atoms with E-state index in [0.717, 1.165) is 0 Å². The molecule has 256 valence electrons. The zero-order valence-corrected chi connectivity index (χ0v) is 28.6. The number of carbonyl (C=O) groups is 1. The number of hydrogen-bond acceptors (Lipinski definition) is 11. The normalized spacial score (nSPS) is 49.9. The van der Waals surface area contributed by atoms with Crippen LogP contribution < -0.4 is 0 Å². The average molecular weight is 629 g/mol. The number of carbonyl (C=O) groups excluding carboxylic acids is 1. The van der Waals surface area contributed by atoms with Crippen LogP contribution in [0.2, 0.25) is 0 Å². The third kappa shape index (κ3) is 8.04. The van der Waals surface area contributed by atoms with Crippen LogP contribution in [0.1, 0.15) is 74.7 Å². The number of nitrogens with zero attached hydrogens (tertiary/aromatic N) is 2. The molecular formula is C33H60N2O9. The first-order chi connectivity index (χ1) is 20.3. The Balaban J connectivity index is 2.08. The van der Waals surface area contributed by atoms with E-state index in [1.165, 1.54) is 0 Å². The van der Waals surface area contributed by atoms with Gasteiger partial charge in [0.15, 0.2) is 6.29 Å². The summed E-state index contributed by atoms with van der Waals surface area (Å²) >= 11 is 0. The van der Waals surface area contributed by atoms with Gasteiger partial charge in [-0.3, -0.25) is 9.69 Å². The molecular weight excluding hydrogens is 568 g/mol. The SMILES string of the molecule is C=CC1CN2C[C@H](C)[C@@H](O1)[C@](C)(O)[C@@H](CC)OC(=O)[C@H](C)[C@@H](O)[C@H](C)[C@@H](O[C@@H]1O[C@H](C)C[C@H](N(C)C)[C@H]1O)[C@](C)(O)C[C@H]2C. The standard InChI is InChI=1S/C33H60N2O9/c1-12-23-17-35-16-18(3)28(42-23)33(9,40)25(13-2)43-30(38)22(7)26(36)21(6)29(32(8,39)15-19(35)4)44-31-27(37)24(34(10)11)14-20(5)41-31/h12,18-29,31,36-37,39-40H,1,13-17H2,2-11H3/t18-,19+,20+,21-,22+,23?,24-,25+,26-,27+,28+,29+,31-,32+,33+/m0/s1. The van der Waals surface area contributed by atoms with Crippen LogP contribution in [-0.2, 0) is 23.7 Å². The Morgan fingerprint density at radius 1 is 1.07 bits per heavy atom. The van der Waals surface area contributed by atoms with Crippen LogP contribution >= 0.6 is 0 Å². The van der Waals surface area contributed by atoms with Crippen molar-refractivity contribution in [3.63, 3.8) is 0 Å². The molecule has 3 fully saturated rings. The van der Waals surface area contributed by atoms with E-state index in [4.69, 9.17) is 18.9 Å². The fourth-order valence-electron chi connectivity index (χ4n) is 7.64. The van der Waals surface area contributed by atoms with Crippen molar-refractivity contribution < 1.29 is 44.2 Å². The van der Waals surface area contributed by atoms with Crippen molar-refractivity contribution in [1.29, 1.82) is 0 Å². The summed E-state index contributed by atoms with van der Waals surface area (Å²) in [4.78, 5) is 17.7. The van der Waals surface area contributed by atoms with E-state index in [0.29, 0.717) is 25.9 Å². The second-order valence-electron chi connectivity index (χ2n) is 14.5. The van der Waals surface area contributed by atoms with Gasteiger partial charge in [0.25, 0.3) is 0 Å². The second kappa shape index (κ2) is 14.7. The van der Waals surface area contributed by atoms with Crippen LogP contribution in [0.3, 0.4) is 0 Å². The number of ether oxygens (including phenoxy) is 4. The van der Waals surface area contributed by atoms with Gasteiger partial charge in [-0.1, -0.05) is 26.8 Å². The monoisotopic (exact) mass is 628 g/mol. The number of hydrogen-bond donors (Lipinski definition) is 4. The van der Waals surface area contributed by atoms with Crippen LogP contribution in [0.15, 0.2) is 12.7 Å². The Hall–Kier alpha value is -1.15. The zero-order chi connectivity index (χ0) is 33.3. The molecule has 0 aliphatic carbocycles. The highest BCUT2D eigenvalue weighted by molar-refractivity contribution is 5.73. The summed E-state index contributed by atoms with van der Waals surface area (Å²) in [6, 6.07) is -0.407. The predicted molar refractivity (Wildman–Crippen MR) is 167 cm³/mol. The maximum atomic E-state index is 13.5. The molecule has 3 aliphatic rings. The Morgan fingerprint density at radius 3 is 2.27 bits per heavy atom. The smallest absolute Gasteiger partial charge is 0.311 e. The fourth-order valence-corrected chi connectivity index (χ4v) is 7.64. The lowest BCUT2D eigenvalue weighted by Gasteiger charge is -2.47. The molecule has 4 N–H and O–H groups in total. The van der Waals surface area contributed by atoms with Crippen LogP contribution in [-0.4, -0.2) is 136 Å². The number of likely N-dealkylation sites (N-methyl/N-ethyl adjacent to an activating group) is 1. The Labute approximate surface area is 264 Å². The quantitative estimate of drug-likeness (QED) is 0.262. The molecule has 0 spiro atoms. The molecule has 0 amide bonds. The van der Waals surface area contributed by atoms with Crippen LogP contribution in [0.25, 0.3) is 0 Å². The van der Waals surface area contributed by atoms with Crippen molar-refractivity contribution >= 4 is 5.97 Å². The van der Waals surface area contributed by atoms with Crippen LogP contribution in [0.4, 0.5) is 0 Å². The first-order valence-corrected chi connectivity index (χ1v) is 16.4. The molecule has 2 unspecified atom stereocenters. The van der Waals surface area contributed by atoms with Gasteiger partial charge in [-0.05, 0) is 73.9 Å². The minimum atomic E-state index is -1.52. The minimum Gasteiger partial charge on any atom is -0.459 e. The van der Waals surface area contributed by atoms with E-state index in [1.807, 2.05) is 46.7 Å². The van der Waals surface area contributed by atoms with Crippen molar-refractivity contribution in [3.05, 3.63) is 12.7 Å². The van der Waals surface area contributed by atoms with Crippen molar-refractivity contribution in [3.8, 4) is 0 Å². The molecule has 44 heavy (non-hydrogen) atoms. The molecule has 0 aromatic heterocycles. The van der Waals surface area contributed by atoms with Gasteiger partial charge in [-0.15, -0.1) is 6.58 Å². The molecule has 0 aromatic carbocycles. The maximum Gasteiger partial charge on any atom is 0.311 e. The first kappa shape index (κ1) is 37.3. The summed E-state index contributed by atoms with van der Waals surface area (Å²) in [5.74, 6) is -2.61. The fraction of sp³-hybridized carbons (Fsp3) is 0.909. The van der Waals surface area contributed by atoms with Crippen molar-refractivity contribution in [1.82, 2.24) is 9.80 Å². The van der Waals surface area contributed by atoms with E-state index in [1.54, 1.807) is 33.8 Å². The molecule has 0 saturated carbocycles. The van der Waals surface area contributed by atoms with Crippen molar-refractivity contribution in [2.24, 2.45) is 17.8 Å². The van der Waals surface area contributed by atoms with Gasteiger partial charge in [-0.25, -0.2) is 0 Å². The number of esters is 1. The van der Waals surface area contributed by atoms with Gasteiger partial charge in [-0.2, -0.15) is 0 Å². The number of fused-ring (bicyclic) bond motifs is 3. The first-order valence-electron chi connectivity index (χ1n) is 16.4. The zero-order valence-electron chi connectivity index (χ0n) is 28.6. The summed E-state index contributed by atoms with van der Waals surface area (Å²) in [6.45, 7) is 19.4. The molecule has 11 heteroatoms. The van der Waals surface area contributed by atoms with Gasteiger partial charge in [0.05, 0.1) is 42.0 Å². The highest BCUT2D eigenvalue weighted by Gasteiger charge is 2.51. The van der Waals surface area contributed by atoms with E-state index >= 15 is 0 Å². The van der Waals surface area contributed by atoms with Crippen LogP contribution in [0.5, 0.6) is 0 Å². The van der Waals surface area contributed by atoms with Gasteiger partial charge in [0.1, 0.15) is 17.8 Å². The summed E-state index contributed by atoms with van der Waals surface area (Å²) in [6.07, 6.45) is -3.63. The third-order valence-corrected chi connectivity index (χ3v) is 10.3. The number of cyclic esters (lactones) is 1. The second-order valence-corrected chi connectivity index (χ2v) is 14.5. The largest absolute Gasteiger partial charge is 0.459 e. The molecule has 3 saturated heterocycles. The topological polar surface area (TPSA) is 141 Å². The molecule has 3 rings (SSSR count). The predicted octanol–water partition coefficient (Wildman–Crippen LogP) is 1.94. The summed E-state index contributed by atoms with van der Waals surface area (Å²) in [7, 11) is 3.77. The summed E-state index contributed by atoms with van der Waals surface area (Å²) < 4.78 is 24.9. The maximum absolute atomic E-state index is 13.5. The summed E-state index contributed by atoms with van der Waals surface area (Å²) in [5, 5.41) is 46.9. The number of rotatable bonds is 5. The highest BCUT2D eigenvalue weighted by atomic mass is 16.7. The van der Waals surface area contributed by atoms with Gasteiger partial charge in [0, 0.05) is 31.1 Å². The minimum absolute atomic E-state index is 0.163. The van der Waals surface area contributed by atoms with E-state index in [2.05, 4.69) is 11.5 Å². The molecule has 3 aliphatic heterocycles. The number of aliphatic hydroxyl groups is 4. The van der Waals surface area contributed by atoms with Crippen molar-refractivity contribution in [2.75, 3.05) is 27.2 Å². The molecule has 2 bridgehead atoms. The highest BCUT2D eigenvalue weighted by Crippen LogP contribution is 2.38. The van der Waals surface area contributed by atoms with E-state index in [-0.39, 0.29) is 30.5 Å².